The lowest BCUT2D eigenvalue weighted by atomic mass is 9.78. The molecular weight excluding hydrogens is 356 g/mol. The smallest absolute Gasteiger partial charge is 0.399 e. The van der Waals surface area contributed by atoms with E-state index in [0.29, 0.717) is 11.0 Å². The molecule has 0 unspecified atom stereocenters. The molecule has 4 rings (SSSR count). The number of halogens is 1. The molecule has 1 saturated heterocycles. The first kappa shape index (κ1) is 18.9. The average molecular weight is 379 g/mol. The summed E-state index contributed by atoms with van der Waals surface area (Å²) in [5, 5.41) is 1.96. The molecule has 3 aromatic rings. The van der Waals surface area contributed by atoms with Gasteiger partial charge in [-0.15, -0.1) is 0 Å². The van der Waals surface area contributed by atoms with Gasteiger partial charge in [0.05, 0.1) is 17.6 Å². The van der Waals surface area contributed by atoms with Gasteiger partial charge in [-0.1, -0.05) is 36.4 Å². The van der Waals surface area contributed by atoms with Crippen LogP contribution in [0.4, 0.5) is 4.39 Å². The summed E-state index contributed by atoms with van der Waals surface area (Å²) in [6.07, 6.45) is 3.53. The van der Waals surface area contributed by atoms with E-state index < -0.39 is 24.1 Å². The van der Waals surface area contributed by atoms with Crippen LogP contribution in [-0.2, 0) is 15.7 Å². The van der Waals surface area contributed by atoms with Crippen LogP contribution in [0, 0.1) is 5.82 Å². The number of aromatic nitrogens is 1. The second kappa shape index (κ2) is 6.57. The molecule has 28 heavy (non-hydrogen) atoms. The molecule has 1 aliphatic heterocycles. The normalized spacial score (nSPS) is 18.0. The number of carbonyl (C=O) groups excluding carboxylic acids is 1. The highest BCUT2D eigenvalue weighted by Crippen LogP contribution is 2.36. The lowest BCUT2D eigenvalue weighted by Gasteiger charge is -2.32. The molecule has 0 radical (unpaired) electrons. The van der Waals surface area contributed by atoms with Crippen LogP contribution in [0.1, 0.15) is 38.1 Å². The fourth-order valence-electron chi connectivity index (χ4n) is 3.31. The minimum absolute atomic E-state index is 0.0174. The predicted molar refractivity (Wildman–Crippen MR) is 108 cm³/mol. The maximum atomic E-state index is 14.7. The minimum atomic E-state index is -0.626. The van der Waals surface area contributed by atoms with Crippen LogP contribution in [0.25, 0.3) is 10.8 Å². The number of nitrogens with zero attached hydrogens (tertiary/aromatic N) is 1. The number of rotatable bonds is 3. The average Bonchev–Trinajstić information content (AvgIpc) is 3.15. The van der Waals surface area contributed by atoms with Crippen LogP contribution in [-0.4, -0.2) is 28.8 Å². The Bertz CT molecular complexity index is 1010. The molecule has 0 aliphatic carbocycles. The number of hydrogen-bond acceptors (Lipinski definition) is 3. The van der Waals surface area contributed by atoms with Gasteiger partial charge in [-0.05, 0) is 55.6 Å². The van der Waals surface area contributed by atoms with E-state index in [9.17, 15) is 9.18 Å². The van der Waals surface area contributed by atoms with Crippen LogP contribution < -0.4 is 5.46 Å². The van der Waals surface area contributed by atoms with Crippen LogP contribution in [0.2, 0.25) is 0 Å². The molecule has 0 atom stereocenters. The third kappa shape index (κ3) is 3.27. The Labute approximate surface area is 164 Å². The summed E-state index contributed by atoms with van der Waals surface area (Å²) in [6, 6.07) is 12.5. The quantitative estimate of drug-likeness (QED) is 0.647. The predicted octanol–water partition coefficient (Wildman–Crippen LogP) is 3.96. The van der Waals surface area contributed by atoms with Gasteiger partial charge in [0.1, 0.15) is 5.82 Å². The zero-order valence-corrected chi connectivity index (χ0v) is 16.5. The molecular formula is C22H23BFNO3. The van der Waals surface area contributed by atoms with Gasteiger partial charge in [0, 0.05) is 12.4 Å². The molecule has 0 spiro atoms. The fourth-order valence-corrected chi connectivity index (χ4v) is 3.31. The lowest BCUT2D eigenvalue weighted by Crippen LogP contribution is -2.41. The summed E-state index contributed by atoms with van der Waals surface area (Å²) in [5.74, 6) is -0.615. The summed E-state index contributed by atoms with van der Waals surface area (Å²) in [5.41, 5.74) is -0.0135. The summed E-state index contributed by atoms with van der Waals surface area (Å²) < 4.78 is 28.2. The van der Waals surface area contributed by atoms with Crippen LogP contribution >= 0.6 is 0 Å². The largest absolute Gasteiger partial charge is 0.494 e. The van der Waals surface area contributed by atoms with Gasteiger partial charge < -0.3 is 9.31 Å². The highest BCUT2D eigenvalue weighted by atomic mass is 19.1. The molecule has 1 aromatic heterocycles. The topological polar surface area (TPSA) is 40.5 Å². The Morgan fingerprint density at radius 1 is 1.00 bits per heavy atom. The van der Waals surface area contributed by atoms with Crippen molar-refractivity contribution in [3.05, 3.63) is 66.2 Å². The monoisotopic (exact) mass is 379 g/mol. The highest BCUT2D eigenvalue weighted by Gasteiger charge is 2.51. The van der Waals surface area contributed by atoms with Crippen molar-refractivity contribution < 1.29 is 18.5 Å². The van der Waals surface area contributed by atoms with Gasteiger partial charge in [-0.3, -0.25) is 9.36 Å². The van der Waals surface area contributed by atoms with Gasteiger partial charge in [0.25, 0.3) is 0 Å². The summed E-state index contributed by atoms with van der Waals surface area (Å²) >= 11 is 0. The molecule has 4 nitrogen and oxygen atoms in total. The number of benzene rings is 2. The first-order chi connectivity index (χ1) is 13.2. The van der Waals surface area contributed by atoms with Gasteiger partial charge in [0.2, 0.25) is 5.91 Å². The van der Waals surface area contributed by atoms with Crippen molar-refractivity contribution in [2.45, 2.75) is 45.3 Å². The van der Waals surface area contributed by atoms with E-state index in [0.717, 1.165) is 10.8 Å². The van der Waals surface area contributed by atoms with Crippen molar-refractivity contribution in [3.8, 4) is 0 Å². The zero-order chi connectivity index (χ0) is 20.1. The maximum Gasteiger partial charge on any atom is 0.494 e. The molecule has 2 aromatic carbocycles. The summed E-state index contributed by atoms with van der Waals surface area (Å²) in [4.78, 5) is 12.6. The molecule has 144 valence electrons. The second-order valence-corrected chi connectivity index (χ2v) is 8.30. The van der Waals surface area contributed by atoms with Gasteiger partial charge in [-0.2, -0.15) is 0 Å². The van der Waals surface area contributed by atoms with E-state index >= 15 is 0 Å². The van der Waals surface area contributed by atoms with Gasteiger partial charge in [-0.25, -0.2) is 4.39 Å². The Hall–Kier alpha value is -2.44. The third-order valence-electron chi connectivity index (χ3n) is 5.78. The van der Waals surface area contributed by atoms with E-state index in [1.54, 1.807) is 24.5 Å². The van der Waals surface area contributed by atoms with Crippen molar-refractivity contribution in [2.75, 3.05) is 0 Å². The van der Waals surface area contributed by atoms with Crippen molar-refractivity contribution >= 4 is 29.3 Å². The van der Waals surface area contributed by atoms with Crippen molar-refractivity contribution in [2.24, 2.45) is 0 Å². The van der Waals surface area contributed by atoms with Crippen LogP contribution in [0.3, 0.4) is 0 Å². The van der Waals surface area contributed by atoms with E-state index in [-0.39, 0.29) is 12.3 Å². The second-order valence-electron chi connectivity index (χ2n) is 8.30. The molecule has 0 saturated carbocycles. The highest BCUT2D eigenvalue weighted by molar-refractivity contribution is 6.62. The maximum absolute atomic E-state index is 14.7. The standard InChI is InChI=1S/C22H23BFNO3/c1-21(2)22(3,4)28-23(27-21)18-10-9-15(19(24)12-18)11-20(26)25-13-16-7-5-6-8-17(16)14-25/h5-10,12-14H,11H2,1-4H3. The molecule has 1 aliphatic rings. The van der Waals surface area contributed by atoms with E-state index in [4.69, 9.17) is 9.31 Å². The fraction of sp³-hybridized carbons (Fsp3) is 0.318. The first-order valence-electron chi connectivity index (χ1n) is 9.40. The number of fused-ring (bicyclic) bond motifs is 1. The Morgan fingerprint density at radius 3 is 2.11 bits per heavy atom. The van der Waals surface area contributed by atoms with Gasteiger partial charge in [0.15, 0.2) is 0 Å². The summed E-state index contributed by atoms with van der Waals surface area (Å²) in [6.45, 7) is 7.82. The molecule has 1 fully saturated rings. The zero-order valence-electron chi connectivity index (χ0n) is 16.5. The number of hydrogen-bond donors (Lipinski definition) is 0. The lowest BCUT2D eigenvalue weighted by molar-refractivity contribution is 0.00578. The van der Waals surface area contributed by atoms with Crippen LogP contribution in [0.15, 0.2) is 54.9 Å². The number of carbonyl (C=O) groups is 1. The molecule has 0 N–H and O–H groups in total. The Balaban J connectivity index is 1.53. The minimum Gasteiger partial charge on any atom is -0.399 e. The Kier molecular flexibility index (Phi) is 4.44. The van der Waals surface area contributed by atoms with E-state index in [2.05, 4.69) is 0 Å². The van der Waals surface area contributed by atoms with Crippen molar-refractivity contribution in [1.82, 2.24) is 4.57 Å². The molecule has 6 heteroatoms. The molecule has 0 bridgehead atoms. The van der Waals surface area contributed by atoms with Gasteiger partial charge >= 0.3 is 7.12 Å². The SMILES string of the molecule is CC1(C)OB(c2ccc(CC(=O)n3cc4ccccc4c3)c(F)c2)OC1(C)C. The van der Waals surface area contributed by atoms with Crippen LogP contribution in [0.5, 0.6) is 0 Å². The first-order valence-corrected chi connectivity index (χ1v) is 9.40. The molecule has 0 amide bonds. The molecule has 2 heterocycles. The van der Waals surface area contributed by atoms with E-state index in [1.165, 1.54) is 10.6 Å². The Morgan fingerprint density at radius 2 is 1.57 bits per heavy atom. The third-order valence-corrected chi connectivity index (χ3v) is 5.78. The van der Waals surface area contributed by atoms with E-state index in [1.807, 2.05) is 52.0 Å². The van der Waals surface area contributed by atoms with Crippen molar-refractivity contribution in [3.63, 3.8) is 0 Å². The van der Waals surface area contributed by atoms with Crippen molar-refractivity contribution in [1.29, 1.82) is 0 Å². The summed E-state index contributed by atoms with van der Waals surface area (Å²) in [7, 11) is -0.626.